The second-order valence-corrected chi connectivity index (χ2v) is 18.3. The van der Waals surface area contributed by atoms with Crippen LogP contribution >= 0.6 is 0 Å². The molecule has 10 heteroatoms. The molecule has 0 aromatic carbocycles. The molecule has 34 heavy (non-hydrogen) atoms. The van der Waals surface area contributed by atoms with Gasteiger partial charge in [-0.05, 0) is 38.4 Å². The lowest BCUT2D eigenvalue weighted by molar-refractivity contribution is -0.284. The Balaban J connectivity index is 2.21. The number of ether oxygens (including phenoxy) is 3. The van der Waals surface area contributed by atoms with Gasteiger partial charge in [-0.25, -0.2) is 0 Å². The molecule has 2 rings (SSSR count). The van der Waals surface area contributed by atoms with Gasteiger partial charge in [-0.1, -0.05) is 59.8 Å². The van der Waals surface area contributed by atoms with Crippen LogP contribution in [-0.2, 0) is 32.9 Å². The Hall–Kier alpha value is -0.0731. The largest absolute Gasteiger partial charge is 0.414 e. The van der Waals surface area contributed by atoms with Crippen molar-refractivity contribution >= 4 is 18.4 Å². The van der Waals surface area contributed by atoms with Crippen LogP contribution in [0.1, 0.15) is 86.5 Å². The Morgan fingerprint density at radius 3 is 2.18 bits per heavy atom. The minimum absolute atomic E-state index is 0.0222. The molecule has 0 amide bonds. The van der Waals surface area contributed by atoms with Crippen LogP contribution in [0.3, 0.4) is 0 Å². The molecular weight excluding hydrogens is 476 g/mol. The van der Waals surface area contributed by atoms with E-state index < -0.39 is 54.4 Å². The van der Waals surface area contributed by atoms with E-state index in [1.54, 1.807) is 13.8 Å². The average Bonchev–Trinajstić information content (AvgIpc) is 3.12. The molecule has 5 atom stereocenters. The predicted octanol–water partition coefficient (Wildman–Crippen LogP) is 4.71. The van der Waals surface area contributed by atoms with E-state index >= 15 is 0 Å². The molecule has 2 aliphatic rings. The van der Waals surface area contributed by atoms with Crippen LogP contribution in [0.4, 0.5) is 0 Å². The third-order valence-corrected chi connectivity index (χ3v) is 12.3. The van der Waals surface area contributed by atoms with E-state index in [2.05, 4.69) is 40.8 Å². The molecular formula is C24H48O8SSi. The van der Waals surface area contributed by atoms with Crippen LogP contribution < -0.4 is 0 Å². The van der Waals surface area contributed by atoms with Crippen LogP contribution in [0.15, 0.2) is 0 Å². The summed E-state index contributed by atoms with van der Waals surface area (Å²) in [6.45, 7) is 16.3. The number of rotatable bonds is 13. The van der Waals surface area contributed by atoms with Gasteiger partial charge in [-0.15, -0.1) is 0 Å². The van der Waals surface area contributed by atoms with Gasteiger partial charge in [0.15, 0.2) is 19.9 Å². The standard InChI is InChI=1S/C24H48O8SSi/c1-10-11-12-13-14-15-16-24(25)21-20(29-23(5,6)31-21)19(30-24)18(32-33(7,26)27)17-28-34(8,9)22(2,3)4/h18-21,25H,10-17H2,1-9H3/t18-,19-,20+,21+,24?/m1/s1. The molecule has 0 radical (unpaired) electrons. The summed E-state index contributed by atoms with van der Waals surface area (Å²) in [4.78, 5) is 0. The summed E-state index contributed by atoms with van der Waals surface area (Å²) in [6.07, 6.45) is 4.59. The van der Waals surface area contributed by atoms with Crippen molar-refractivity contribution < 1.29 is 36.3 Å². The summed E-state index contributed by atoms with van der Waals surface area (Å²) in [5, 5.41) is 11.4. The minimum Gasteiger partial charge on any atom is -0.414 e. The molecule has 0 saturated carbocycles. The number of unbranched alkanes of at least 4 members (excludes halogenated alkanes) is 5. The first-order valence-electron chi connectivity index (χ1n) is 12.7. The molecule has 0 aromatic heterocycles. The van der Waals surface area contributed by atoms with E-state index in [0.717, 1.165) is 25.5 Å². The van der Waals surface area contributed by atoms with E-state index in [-0.39, 0.29) is 11.6 Å². The smallest absolute Gasteiger partial charge is 0.264 e. The maximum Gasteiger partial charge on any atom is 0.264 e. The monoisotopic (exact) mass is 524 g/mol. The van der Waals surface area contributed by atoms with Crippen molar-refractivity contribution in [1.29, 1.82) is 0 Å². The summed E-state index contributed by atoms with van der Waals surface area (Å²) in [5.41, 5.74) is 0. The zero-order valence-electron chi connectivity index (χ0n) is 22.7. The van der Waals surface area contributed by atoms with Crippen molar-refractivity contribution in [2.75, 3.05) is 12.9 Å². The van der Waals surface area contributed by atoms with Crippen LogP contribution in [-0.4, -0.2) is 70.7 Å². The third-order valence-electron chi connectivity index (χ3n) is 7.21. The first-order valence-corrected chi connectivity index (χ1v) is 17.4. The molecule has 2 heterocycles. The number of fused-ring (bicyclic) bond motifs is 1. The van der Waals surface area contributed by atoms with Crippen molar-refractivity contribution in [2.45, 2.75) is 141 Å². The van der Waals surface area contributed by atoms with Gasteiger partial charge < -0.3 is 23.7 Å². The second kappa shape index (κ2) is 11.1. The van der Waals surface area contributed by atoms with E-state index in [1.807, 2.05) is 0 Å². The zero-order valence-corrected chi connectivity index (χ0v) is 24.5. The molecule has 0 bridgehead atoms. The van der Waals surface area contributed by atoms with E-state index in [0.29, 0.717) is 6.42 Å². The van der Waals surface area contributed by atoms with Crippen molar-refractivity contribution in [3.8, 4) is 0 Å². The highest BCUT2D eigenvalue weighted by Gasteiger charge is 2.64. The predicted molar refractivity (Wildman–Crippen MR) is 135 cm³/mol. The van der Waals surface area contributed by atoms with Crippen LogP contribution in [0.25, 0.3) is 0 Å². The summed E-state index contributed by atoms with van der Waals surface area (Å²) in [7, 11) is -6.00. The maximum absolute atomic E-state index is 12.1. The number of hydrogen-bond acceptors (Lipinski definition) is 8. The fourth-order valence-electron chi connectivity index (χ4n) is 4.30. The highest BCUT2D eigenvalue weighted by atomic mass is 32.2. The van der Waals surface area contributed by atoms with Crippen molar-refractivity contribution in [2.24, 2.45) is 0 Å². The van der Waals surface area contributed by atoms with Crippen molar-refractivity contribution in [3.63, 3.8) is 0 Å². The summed E-state index contributed by atoms with van der Waals surface area (Å²) < 4.78 is 54.4. The quantitative estimate of drug-likeness (QED) is 0.210. The Bertz CT molecular complexity index is 763. The fourth-order valence-corrected chi connectivity index (χ4v) is 5.93. The van der Waals surface area contributed by atoms with Gasteiger partial charge >= 0.3 is 0 Å². The molecule has 2 saturated heterocycles. The zero-order chi connectivity index (χ0) is 26.0. The lowest BCUT2D eigenvalue weighted by Gasteiger charge is -2.38. The van der Waals surface area contributed by atoms with Crippen molar-refractivity contribution in [3.05, 3.63) is 0 Å². The van der Waals surface area contributed by atoms with Gasteiger partial charge in [0.2, 0.25) is 0 Å². The third kappa shape index (κ3) is 7.96. The topological polar surface area (TPSA) is 101 Å². The molecule has 202 valence electrons. The summed E-state index contributed by atoms with van der Waals surface area (Å²) >= 11 is 0. The summed E-state index contributed by atoms with van der Waals surface area (Å²) in [5.74, 6) is -2.51. The van der Waals surface area contributed by atoms with Gasteiger partial charge in [0, 0.05) is 6.42 Å². The Morgan fingerprint density at radius 1 is 1.03 bits per heavy atom. The normalized spacial score (nSPS) is 30.5. The van der Waals surface area contributed by atoms with Crippen LogP contribution in [0.2, 0.25) is 18.1 Å². The van der Waals surface area contributed by atoms with Gasteiger partial charge in [-0.2, -0.15) is 8.42 Å². The molecule has 0 spiro atoms. The molecule has 2 aliphatic heterocycles. The Morgan fingerprint density at radius 2 is 1.62 bits per heavy atom. The average molecular weight is 525 g/mol. The lowest BCUT2D eigenvalue weighted by atomic mass is 9.97. The highest BCUT2D eigenvalue weighted by Crippen LogP contribution is 2.47. The second-order valence-electron chi connectivity index (χ2n) is 11.9. The first-order chi connectivity index (χ1) is 15.4. The Kier molecular flexibility index (Phi) is 9.87. The number of hydrogen-bond donors (Lipinski definition) is 1. The van der Waals surface area contributed by atoms with E-state index in [9.17, 15) is 13.5 Å². The van der Waals surface area contributed by atoms with Gasteiger partial charge in [0.05, 0.1) is 12.9 Å². The molecule has 2 fully saturated rings. The van der Waals surface area contributed by atoms with Crippen molar-refractivity contribution in [1.82, 2.24) is 0 Å². The van der Waals surface area contributed by atoms with E-state index in [1.165, 1.54) is 19.3 Å². The molecule has 0 aliphatic carbocycles. The van der Waals surface area contributed by atoms with Gasteiger partial charge in [-0.3, -0.25) is 4.18 Å². The first kappa shape index (κ1) is 30.2. The number of aliphatic hydroxyl groups is 1. The van der Waals surface area contributed by atoms with Gasteiger partial charge in [0.1, 0.15) is 24.4 Å². The minimum atomic E-state index is -3.81. The SMILES string of the molecule is CCCCCCCCC1(O)O[C@H]([C@@H](CO[Si](C)(C)C(C)(C)C)OS(C)(=O)=O)[C@@H]2OC(C)(C)O[C@@H]21. The molecule has 8 nitrogen and oxygen atoms in total. The highest BCUT2D eigenvalue weighted by molar-refractivity contribution is 7.86. The summed E-state index contributed by atoms with van der Waals surface area (Å²) in [6, 6.07) is 0. The fraction of sp³-hybridized carbons (Fsp3) is 1.00. The lowest BCUT2D eigenvalue weighted by Crippen LogP contribution is -2.48. The molecule has 1 unspecified atom stereocenters. The van der Waals surface area contributed by atoms with Crippen LogP contribution in [0, 0.1) is 0 Å². The van der Waals surface area contributed by atoms with Crippen LogP contribution in [0.5, 0.6) is 0 Å². The molecule has 0 aromatic rings. The maximum atomic E-state index is 12.1. The Labute approximate surface area is 208 Å². The van der Waals surface area contributed by atoms with Gasteiger partial charge in [0.25, 0.3) is 10.1 Å². The van der Waals surface area contributed by atoms with E-state index in [4.69, 9.17) is 22.8 Å². The molecule has 1 N–H and O–H groups in total.